The van der Waals surface area contributed by atoms with Gasteiger partial charge in [-0.15, -0.1) is 11.3 Å². The predicted octanol–water partition coefficient (Wildman–Crippen LogP) is 2.47. The van der Waals surface area contributed by atoms with Crippen LogP contribution in [0.3, 0.4) is 0 Å². The summed E-state index contributed by atoms with van der Waals surface area (Å²) >= 11 is 1.15. The summed E-state index contributed by atoms with van der Waals surface area (Å²) in [5.41, 5.74) is 1.84. The van der Waals surface area contributed by atoms with E-state index >= 15 is 0 Å². The number of hydrogen-bond donors (Lipinski definition) is 1. The van der Waals surface area contributed by atoms with Crippen LogP contribution >= 0.6 is 11.3 Å². The molecule has 1 amide bonds. The smallest absolute Gasteiger partial charge is 0.365 e. The Labute approximate surface area is 138 Å². The second-order valence-electron chi connectivity index (χ2n) is 4.93. The lowest BCUT2D eigenvalue weighted by molar-refractivity contribution is -0.144. The van der Waals surface area contributed by atoms with Crippen molar-refractivity contribution in [3.8, 4) is 0 Å². The van der Waals surface area contributed by atoms with Crippen LogP contribution < -0.4 is 11.3 Å². The second-order valence-corrected chi connectivity index (χ2v) is 6.10. The van der Waals surface area contributed by atoms with Crippen LogP contribution in [0.2, 0.25) is 0 Å². The van der Waals surface area contributed by atoms with Crippen LogP contribution in [0.5, 0.6) is 0 Å². The van der Waals surface area contributed by atoms with Gasteiger partial charge in [0.15, 0.2) is 5.78 Å². The number of Topliss-reactive ketones (excluding diaryl/α,β-unsaturated/α-hetero) is 1. The maximum atomic E-state index is 13.1. The van der Waals surface area contributed by atoms with Gasteiger partial charge in [-0.1, -0.05) is 6.92 Å². The minimum Gasteiger partial charge on any atom is -0.365 e. The third-order valence-electron chi connectivity index (χ3n) is 3.32. The van der Waals surface area contributed by atoms with Gasteiger partial charge in [0.05, 0.1) is 11.4 Å². The van der Waals surface area contributed by atoms with E-state index in [1.165, 1.54) is 6.07 Å². The van der Waals surface area contributed by atoms with Gasteiger partial charge in [0, 0.05) is 4.88 Å². The molecule has 0 aromatic carbocycles. The molecule has 0 saturated heterocycles. The van der Waals surface area contributed by atoms with Gasteiger partial charge in [0.25, 0.3) is 11.5 Å². The molecule has 0 bridgehead atoms. The number of carbonyl (C=O) groups is 2. The molecule has 2 heterocycles. The van der Waals surface area contributed by atoms with Gasteiger partial charge in [-0.25, -0.2) is 0 Å². The molecule has 5 nitrogen and oxygen atoms in total. The minimum atomic E-state index is -4.85. The van der Waals surface area contributed by atoms with Crippen LogP contribution in [0.4, 0.5) is 13.2 Å². The highest BCUT2D eigenvalue weighted by Crippen LogP contribution is 2.29. The number of rotatable bonds is 5. The van der Waals surface area contributed by atoms with E-state index in [0.29, 0.717) is 12.5 Å². The van der Waals surface area contributed by atoms with Crippen LogP contribution in [0.15, 0.2) is 29.1 Å². The number of thiophene rings is 1. The molecule has 0 spiro atoms. The van der Waals surface area contributed by atoms with Crippen LogP contribution in [0.1, 0.15) is 37.5 Å². The van der Waals surface area contributed by atoms with Gasteiger partial charge >= 0.3 is 6.18 Å². The normalized spacial score (nSPS) is 11.5. The van der Waals surface area contributed by atoms with Gasteiger partial charge in [-0.05, 0) is 30.7 Å². The molecule has 0 atom stereocenters. The van der Waals surface area contributed by atoms with Crippen molar-refractivity contribution in [3.05, 3.63) is 55.6 Å². The molecule has 0 aliphatic carbocycles. The van der Waals surface area contributed by atoms with Crippen LogP contribution in [0, 0.1) is 0 Å². The highest BCUT2D eigenvalue weighted by molar-refractivity contribution is 7.14. The van der Waals surface area contributed by atoms with E-state index in [0.717, 1.165) is 22.3 Å². The Morgan fingerprint density at radius 2 is 1.88 bits per heavy atom. The van der Waals surface area contributed by atoms with Gasteiger partial charge in [0.1, 0.15) is 11.3 Å². The number of halogens is 3. The summed E-state index contributed by atoms with van der Waals surface area (Å²) in [6, 6.07) is 4.49. The molecule has 0 radical (unpaired) electrons. The fraction of sp³-hybridized carbons (Fsp3) is 0.267. The molecule has 2 aromatic heterocycles. The van der Waals surface area contributed by atoms with E-state index in [-0.39, 0.29) is 9.44 Å². The molecule has 128 valence electrons. The highest BCUT2D eigenvalue weighted by atomic mass is 32.1. The fourth-order valence-corrected chi connectivity index (χ4v) is 2.99. The zero-order chi connectivity index (χ0) is 18.1. The third kappa shape index (κ3) is 3.56. The van der Waals surface area contributed by atoms with Gasteiger partial charge in [0.2, 0.25) is 0 Å². The van der Waals surface area contributed by atoms with Crippen molar-refractivity contribution in [3.63, 3.8) is 0 Å². The predicted molar refractivity (Wildman–Crippen MR) is 82.2 cm³/mol. The number of amides is 1. The Bertz CT molecular complexity index is 852. The van der Waals surface area contributed by atoms with E-state index < -0.39 is 41.2 Å². The third-order valence-corrected chi connectivity index (χ3v) is 4.59. The molecule has 2 N–H and O–H groups in total. The number of aryl methyl sites for hydroxylation is 1. The Hall–Kier alpha value is -2.42. The molecular formula is C15H13F3N2O3S. The summed E-state index contributed by atoms with van der Waals surface area (Å²) in [5, 5.41) is 0. The number of nitrogens with two attached hydrogens (primary N) is 1. The Kier molecular flexibility index (Phi) is 4.93. The summed E-state index contributed by atoms with van der Waals surface area (Å²) in [7, 11) is 0. The molecule has 9 heteroatoms. The zero-order valence-corrected chi connectivity index (χ0v) is 13.3. The molecule has 24 heavy (non-hydrogen) atoms. The number of ketones is 1. The summed E-state index contributed by atoms with van der Waals surface area (Å²) in [5.74, 6) is -1.80. The quantitative estimate of drug-likeness (QED) is 0.834. The average molecular weight is 358 g/mol. The molecule has 0 fully saturated rings. The van der Waals surface area contributed by atoms with E-state index in [9.17, 15) is 27.6 Å². The summed E-state index contributed by atoms with van der Waals surface area (Å²) < 4.78 is 39.5. The maximum absolute atomic E-state index is 13.1. The standard InChI is InChI=1S/C15H13F3N2O3S/c1-2-8-3-5-11(24-8)10(21)7-20-12(15(16,17)18)6-4-9(13(19)22)14(20)23/h3-6H,2,7H2,1H3,(H2,19,22). The van der Waals surface area contributed by atoms with Crippen molar-refractivity contribution in [2.75, 3.05) is 0 Å². The lowest BCUT2D eigenvalue weighted by atomic mass is 10.2. The minimum absolute atomic E-state index is 0.244. The van der Waals surface area contributed by atoms with Crippen molar-refractivity contribution in [2.45, 2.75) is 26.1 Å². The number of aromatic nitrogens is 1. The first-order valence-electron chi connectivity index (χ1n) is 6.88. The number of pyridine rings is 1. The van der Waals surface area contributed by atoms with Crippen molar-refractivity contribution in [1.82, 2.24) is 4.57 Å². The van der Waals surface area contributed by atoms with Gasteiger partial charge in [-0.3, -0.25) is 19.0 Å². The van der Waals surface area contributed by atoms with Crippen molar-refractivity contribution in [1.29, 1.82) is 0 Å². The first kappa shape index (κ1) is 17.9. The average Bonchev–Trinajstić information content (AvgIpc) is 2.96. The monoisotopic (exact) mass is 358 g/mol. The largest absolute Gasteiger partial charge is 0.431 e. The zero-order valence-electron chi connectivity index (χ0n) is 12.5. The summed E-state index contributed by atoms with van der Waals surface area (Å²) in [6.45, 7) is 1.06. The van der Waals surface area contributed by atoms with Crippen molar-refractivity contribution < 1.29 is 22.8 Å². The van der Waals surface area contributed by atoms with Crippen LogP contribution in [-0.2, 0) is 19.1 Å². The van der Waals surface area contributed by atoms with Crippen LogP contribution in [-0.4, -0.2) is 16.3 Å². The van der Waals surface area contributed by atoms with Gasteiger partial charge in [-0.2, -0.15) is 13.2 Å². The van der Waals surface area contributed by atoms with E-state index in [4.69, 9.17) is 5.73 Å². The Balaban J connectivity index is 2.50. The number of hydrogen-bond acceptors (Lipinski definition) is 4. The topological polar surface area (TPSA) is 82.2 Å². The molecule has 2 rings (SSSR count). The molecule has 0 aliphatic heterocycles. The SMILES string of the molecule is CCc1ccc(C(=O)Cn2c(C(F)(F)F)ccc(C(N)=O)c2=O)s1. The fourth-order valence-electron chi connectivity index (χ4n) is 2.11. The molecule has 2 aromatic rings. The van der Waals surface area contributed by atoms with E-state index in [2.05, 4.69) is 0 Å². The van der Waals surface area contributed by atoms with E-state index in [1.54, 1.807) is 6.07 Å². The molecule has 0 aliphatic rings. The molecule has 0 unspecified atom stereocenters. The molecular weight excluding hydrogens is 345 g/mol. The Morgan fingerprint density at radius 3 is 2.38 bits per heavy atom. The van der Waals surface area contributed by atoms with E-state index in [1.807, 2.05) is 6.92 Å². The number of primary amides is 1. The first-order chi connectivity index (χ1) is 11.1. The number of carbonyl (C=O) groups excluding carboxylic acids is 2. The van der Waals surface area contributed by atoms with Crippen LogP contribution in [0.25, 0.3) is 0 Å². The number of alkyl halides is 3. The maximum Gasteiger partial charge on any atom is 0.431 e. The summed E-state index contributed by atoms with van der Waals surface area (Å²) in [6.07, 6.45) is -4.16. The van der Waals surface area contributed by atoms with Crippen molar-refractivity contribution in [2.24, 2.45) is 5.73 Å². The van der Waals surface area contributed by atoms with Crippen molar-refractivity contribution >= 4 is 23.0 Å². The second kappa shape index (κ2) is 6.60. The lowest BCUT2D eigenvalue weighted by Crippen LogP contribution is -2.35. The number of nitrogens with zero attached hydrogens (tertiary/aromatic N) is 1. The Morgan fingerprint density at radius 1 is 1.21 bits per heavy atom. The lowest BCUT2D eigenvalue weighted by Gasteiger charge is -2.15. The van der Waals surface area contributed by atoms with Gasteiger partial charge < -0.3 is 5.73 Å². The highest BCUT2D eigenvalue weighted by Gasteiger charge is 2.35. The first-order valence-corrected chi connectivity index (χ1v) is 7.69. The summed E-state index contributed by atoms with van der Waals surface area (Å²) in [4.78, 5) is 36.7. The molecule has 0 saturated carbocycles.